The Balaban J connectivity index is 1.58. The third-order valence-electron chi connectivity index (χ3n) is 6.29. The van der Waals surface area contributed by atoms with Crippen molar-refractivity contribution >= 4 is 40.1 Å². The van der Waals surface area contributed by atoms with Gasteiger partial charge in [-0.05, 0) is 67.1 Å². The SMILES string of the molecule is COC(=O)c1ccc2c(=O)n(-c3ccc(Cl)cc3)c(N3CCN(c4cccc(C)c4)CC3)nc2c1. The Morgan fingerprint density at radius 1 is 0.914 bits per heavy atom. The van der Waals surface area contributed by atoms with Crippen LogP contribution in [0.1, 0.15) is 15.9 Å². The van der Waals surface area contributed by atoms with Crippen molar-refractivity contribution in [3.8, 4) is 5.69 Å². The van der Waals surface area contributed by atoms with Crippen molar-refractivity contribution in [2.75, 3.05) is 43.1 Å². The second-order valence-corrected chi connectivity index (χ2v) is 9.00. The van der Waals surface area contributed by atoms with Crippen molar-refractivity contribution in [3.05, 3.63) is 93.2 Å². The number of aryl methyl sites for hydroxylation is 1. The molecule has 1 aromatic heterocycles. The number of fused-ring (bicyclic) bond motifs is 1. The summed E-state index contributed by atoms with van der Waals surface area (Å²) in [5, 5.41) is 1.02. The molecule has 0 unspecified atom stereocenters. The van der Waals surface area contributed by atoms with E-state index in [9.17, 15) is 9.59 Å². The highest BCUT2D eigenvalue weighted by Crippen LogP contribution is 2.25. The van der Waals surface area contributed by atoms with E-state index in [1.807, 2.05) is 12.1 Å². The van der Waals surface area contributed by atoms with Gasteiger partial charge in [0.2, 0.25) is 5.95 Å². The van der Waals surface area contributed by atoms with Gasteiger partial charge in [-0.25, -0.2) is 14.3 Å². The van der Waals surface area contributed by atoms with E-state index in [1.165, 1.54) is 18.4 Å². The molecular weight excluding hydrogens is 464 g/mol. The average Bonchev–Trinajstić information content (AvgIpc) is 2.88. The number of hydrogen-bond acceptors (Lipinski definition) is 6. The summed E-state index contributed by atoms with van der Waals surface area (Å²) in [7, 11) is 1.33. The Bertz CT molecular complexity index is 1460. The van der Waals surface area contributed by atoms with Gasteiger partial charge < -0.3 is 14.5 Å². The number of ether oxygens (including phenoxy) is 1. The zero-order valence-electron chi connectivity index (χ0n) is 19.6. The fraction of sp³-hybridized carbons (Fsp3) is 0.222. The molecule has 0 amide bonds. The molecule has 0 atom stereocenters. The predicted molar refractivity (Wildman–Crippen MR) is 139 cm³/mol. The van der Waals surface area contributed by atoms with E-state index in [4.69, 9.17) is 21.3 Å². The number of aromatic nitrogens is 2. The summed E-state index contributed by atoms with van der Waals surface area (Å²) < 4.78 is 6.47. The molecular formula is C27H25ClN4O3. The summed E-state index contributed by atoms with van der Waals surface area (Å²) in [6.07, 6.45) is 0. The van der Waals surface area contributed by atoms with Crippen LogP contribution in [-0.4, -0.2) is 48.8 Å². The number of rotatable bonds is 4. The number of esters is 1. The summed E-state index contributed by atoms with van der Waals surface area (Å²) in [6, 6.07) is 20.4. The van der Waals surface area contributed by atoms with Crippen molar-refractivity contribution in [1.82, 2.24) is 9.55 Å². The number of carbonyl (C=O) groups is 1. The minimum Gasteiger partial charge on any atom is -0.465 e. The molecule has 1 aliphatic heterocycles. The van der Waals surface area contributed by atoms with Crippen LogP contribution < -0.4 is 15.4 Å². The maximum Gasteiger partial charge on any atom is 0.337 e. The molecule has 0 aliphatic carbocycles. The van der Waals surface area contributed by atoms with Crippen LogP contribution in [0.4, 0.5) is 11.6 Å². The first-order chi connectivity index (χ1) is 16.9. The van der Waals surface area contributed by atoms with Crippen LogP contribution >= 0.6 is 11.6 Å². The number of benzene rings is 3. The number of carbonyl (C=O) groups excluding carboxylic acids is 1. The Morgan fingerprint density at radius 2 is 1.63 bits per heavy atom. The average molecular weight is 489 g/mol. The predicted octanol–water partition coefficient (Wildman–Crippen LogP) is 4.46. The number of nitrogens with zero attached hydrogens (tertiary/aromatic N) is 4. The quantitative estimate of drug-likeness (QED) is 0.395. The van der Waals surface area contributed by atoms with Gasteiger partial charge in [0.15, 0.2) is 0 Å². The fourth-order valence-corrected chi connectivity index (χ4v) is 4.57. The highest BCUT2D eigenvalue weighted by molar-refractivity contribution is 6.30. The van der Waals surface area contributed by atoms with Gasteiger partial charge in [0.1, 0.15) is 0 Å². The first-order valence-corrected chi connectivity index (χ1v) is 11.8. The van der Waals surface area contributed by atoms with Crippen LogP contribution in [0.2, 0.25) is 5.02 Å². The highest BCUT2D eigenvalue weighted by atomic mass is 35.5. The first kappa shape index (κ1) is 22.9. The van der Waals surface area contributed by atoms with Gasteiger partial charge in [0, 0.05) is 36.9 Å². The molecule has 5 rings (SSSR count). The monoisotopic (exact) mass is 488 g/mol. The summed E-state index contributed by atoms with van der Waals surface area (Å²) in [5.74, 6) is 0.0691. The largest absolute Gasteiger partial charge is 0.465 e. The summed E-state index contributed by atoms with van der Waals surface area (Å²) in [5.41, 5.74) is 3.70. The van der Waals surface area contributed by atoms with E-state index < -0.39 is 5.97 Å². The van der Waals surface area contributed by atoms with Crippen molar-refractivity contribution in [2.45, 2.75) is 6.92 Å². The Morgan fingerprint density at radius 3 is 2.31 bits per heavy atom. The maximum absolute atomic E-state index is 13.7. The number of methoxy groups -OCH3 is 1. The lowest BCUT2D eigenvalue weighted by Crippen LogP contribution is -2.48. The van der Waals surface area contributed by atoms with E-state index >= 15 is 0 Å². The Kier molecular flexibility index (Phi) is 6.17. The van der Waals surface area contributed by atoms with E-state index in [0.717, 1.165) is 13.1 Å². The van der Waals surface area contributed by atoms with Crippen LogP contribution in [0, 0.1) is 6.92 Å². The van der Waals surface area contributed by atoms with Gasteiger partial charge in [0.25, 0.3) is 5.56 Å². The molecule has 7 nitrogen and oxygen atoms in total. The Hall–Kier alpha value is -3.84. The van der Waals surface area contributed by atoms with E-state index in [2.05, 4.69) is 41.0 Å². The molecule has 0 saturated carbocycles. The number of piperazine rings is 1. The van der Waals surface area contributed by atoms with Crippen molar-refractivity contribution in [2.24, 2.45) is 0 Å². The molecule has 8 heteroatoms. The van der Waals surface area contributed by atoms with Crippen LogP contribution in [0.3, 0.4) is 0 Å². The first-order valence-electron chi connectivity index (χ1n) is 11.4. The maximum atomic E-state index is 13.7. The molecule has 35 heavy (non-hydrogen) atoms. The van der Waals surface area contributed by atoms with Crippen LogP contribution in [0.5, 0.6) is 0 Å². The summed E-state index contributed by atoms with van der Waals surface area (Å²) in [6.45, 7) is 5.05. The smallest absolute Gasteiger partial charge is 0.337 e. The van der Waals surface area contributed by atoms with E-state index in [0.29, 0.717) is 46.2 Å². The zero-order chi connectivity index (χ0) is 24.5. The van der Waals surface area contributed by atoms with Gasteiger partial charge in [0.05, 0.1) is 29.3 Å². The molecule has 3 aromatic carbocycles. The highest BCUT2D eigenvalue weighted by Gasteiger charge is 2.24. The lowest BCUT2D eigenvalue weighted by molar-refractivity contribution is 0.0601. The van der Waals surface area contributed by atoms with Crippen molar-refractivity contribution < 1.29 is 9.53 Å². The minimum atomic E-state index is -0.469. The Labute approximate surface area is 208 Å². The molecule has 0 N–H and O–H groups in total. The number of hydrogen-bond donors (Lipinski definition) is 0. The molecule has 0 bridgehead atoms. The lowest BCUT2D eigenvalue weighted by Gasteiger charge is -2.37. The standard InChI is InChI=1S/C27H25ClN4O3/c1-18-4-3-5-22(16-18)30-12-14-31(15-13-30)27-29-24-17-19(26(34)35-2)6-11-23(24)25(33)32(27)21-9-7-20(28)8-10-21/h3-11,16-17H,12-15H2,1-2H3. The van der Waals surface area contributed by atoms with Gasteiger partial charge >= 0.3 is 5.97 Å². The molecule has 1 saturated heterocycles. The summed E-state index contributed by atoms with van der Waals surface area (Å²) in [4.78, 5) is 35.1. The molecule has 178 valence electrons. The third kappa shape index (κ3) is 4.47. The van der Waals surface area contributed by atoms with E-state index in [1.54, 1.807) is 34.9 Å². The number of halogens is 1. The molecule has 0 radical (unpaired) electrons. The molecule has 2 heterocycles. The van der Waals surface area contributed by atoms with Crippen LogP contribution in [-0.2, 0) is 4.74 Å². The fourth-order valence-electron chi connectivity index (χ4n) is 4.44. The topological polar surface area (TPSA) is 67.7 Å². The van der Waals surface area contributed by atoms with E-state index in [-0.39, 0.29) is 5.56 Å². The molecule has 1 aliphatic rings. The zero-order valence-corrected chi connectivity index (χ0v) is 20.3. The van der Waals surface area contributed by atoms with Gasteiger partial charge in [-0.15, -0.1) is 0 Å². The molecule has 0 spiro atoms. The molecule has 4 aromatic rings. The van der Waals surface area contributed by atoms with Crippen molar-refractivity contribution in [3.63, 3.8) is 0 Å². The van der Waals surface area contributed by atoms with Crippen molar-refractivity contribution in [1.29, 1.82) is 0 Å². The molecule has 1 fully saturated rings. The minimum absolute atomic E-state index is 0.204. The van der Waals surface area contributed by atoms with Gasteiger partial charge in [-0.3, -0.25) is 4.79 Å². The second-order valence-electron chi connectivity index (χ2n) is 8.57. The lowest BCUT2D eigenvalue weighted by atomic mass is 10.1. The summed E-state index contributed by atoms with van der Waals surface area (Å²) >= 11 is 6.11. The normalized spacial score (nSPS) is 13.8. The number of anilines is 2. The van der Waals surface area contributed by atoms with Gasteiger partial charge in [-0.1, -0.05) is 23.7 Å². The van der Waals surface area contributed by atoms with Crippen LogP contribution in [0.25, 0.3) is 16.6 Å². The van der Waals surface area contributed by atoms with Crippen LogP contribution in [0.15, 0.2) is 71.5 Å². The second kappa shape index (κ2) is 9.43. The van der Waals surface area contributed by atoms with Gasteiger partial charge in [-0.2, -0.15) is 0 Å². The third-order valence-corrected chi connectivity index (χ3v) is 6.54.